The molecular weight excluding hydrogens is 280 g/mol. The largest absolute Gasteiger partial charge is 0.367 e. The van der Waals surface area contributed by atoms with Crippen LogP contribution < -0.4 is 0 Å². The molecule has 1 nitrogen and oxygen atoms in total. The molecule has 2 rings (SSSR count). The van der Waals surface area contributed by atoms with Crippen LogP contribution in [-0.2, 0) is 10.2 Å². The molecule has 0 aromatic heterocycles. The van der Waals surface area contributed by atoms with Crippen molar-refractivity contribution in [2.45, 2.75) is 31.8 Å². The maximum Gasteiger partial charge on any atom is 0.131 e. The van der Waals surface area contributed by atoms with Gasteiger partial charge in [0.25, 0.3) is 0 Å². The summed E-state index contributed by atoms with van der Waals surface area (Å²) in [5, 5.41) is 0. The molecule has 0 saturated carbocycles. The van der Waals surface area contributed by atoms with E-state index in [4.69, 9.17) is 11.2 Å². The molecule has 0 bridgehead atoms. The van der Waals surface area contributed by atoms with Gasteiger partial charge in [0.15, 0.2) is 0 Å². The predicted molar refractivity (Wildman–Crippen MR) is 97.3 cm³/mol. The van der Waals surface area contributed by atoms with Crippen molar-refractivity contribution in [2.24, 2.45) is 0 Å². The minimum absolute atomic E-state index is 0.345. The lowest BCUT2D eigenvalue weighted by Crippen LogP contribution is -2.41. The van der Waals surface area contributed by atoms with Gasteiger partial charge in [0.05, 0.1) is 5.41 Å². The molecule has 0 heterocycles. The van der Waals surface area contributed by atoms with Crippen LogP contribution in [0.15, 0.2) is 72.3 Å². The number of allylic oxidation sites excluding steroid dienone is 2. The van der Waals surface area contributed by atoms with Crippen molar-refractivity contribution in [2.75, 3.05) is 7.11 Å². The molecule has 1 heteroatoms. The first-order valence-electron chi connectivity index (χ1n) is 7.88. The van der Waals surface area contributed by atoms with E-state index in [-0.39, 0.29) is 6.10 Å². The maximum absolute atomic E-state index is 5.85. The van der Waals surface area contributed by atoms with Crippen molar-refractivity contribution in [3.63, 3.8) is 0 Å². The summed E-state index contributed by atoms with van der Waals surface area (Å²) in [6.07, 6.45) is 8.55. The van der Waals surface area contributed by atoms with Crippen molar-refractivity contribution in [3.8, 4) is 12.3 Å². The van der Waals surface area contributed by atoms with Gasteiger partial charge in [-0.25, -0.2) is 0 Å². The lowest BCUT2D eigenvalue weighted by Gasteiger charge is -2.38. The highest BCUT2D eigenvalue weighted by Crippen LogP contribution is 2.40. The van der Waals surface area contributed by atoms with Crippen molar-refractivity contribution in [1.82, 2.24) is 0 Å². The number of hydrogen-bond donors (Lipinski definition) is 0. The summed E-state index contributed by atoms with van der Waals surface area (Å²) in [4.78, 5) is 0. The number of ether oxygens (including phenoxy) is 1. The fraction of sp³-hybridized carbons (Fsp3) is 0.273. The molecule has 0 radical (unpaired) electrons. The summed E-state index contributed by atoms with van der Waals surface area (Å²) >= 11 is 0. The Morgan fingerprint density at radius 1 is 1.04 bits per heavy atom. The first-order valence-corrected chi connectivity index (χ1v) is 7.88. The van der Waals surface area contributed by atoms with Gasteiger partial charge in [-0.2, -0.15) is 0 Å². The van der Waals surface area contributed by atoms with Gasteiger partial charge in [0, 0.05) is 7.11 Å². The van der Waals surface area contributed by atoms with Crippen LogP contribution in [0.25, 0.3) is 0 Å². The van der Waals surface area contributed by atoms with Gasteiger partial charge in [0.2, 0.25) is 0 Å². The third-order valence-electron chi connectivity index (χ3n) is 4.24. The van der Waals surface area contributed by atoms with Gasteiger partial charge < -0.3 is 4.74 Å². The van der Waals surface area contributed by atoms with Crippen molar-refractivity contribution in [3.05, 3.63) is 83.4 Å². The molecule has 0 aliphatic rings. The van der Waals surface area contributed by atoms with Gasteiger partial charge in [-0.05, 0) is 31.4 Å². The van der Waals surface area contributed by atoms with Gasteiger partial charge in [-0.15, -0.1) is 6.42 Å². The third-order valence-corrected chi connectivity index (χ3v) is 4.24. The normalized spacial score (nSPS) is 12.3. The van der Waals surface area contributed by atoms with E-state index in [2.05, 4.69) is 74.4 Å². The Kier molecular flexibility index (Phi) is 5.79. The summed E-state index contributed by atoms with van der Waals surface area (Å²) in [6.45, 7) is 4.22. The van der Waals surface area contributed by atoms with Crippen LogP contribution in [0.2, 0.25) is 0 Å². The van der Waals surface area contributed by atoms with Crippen molar-refractivity contribution < 1.29 is 4.74 Å². The highest BCUT2D eigenvalue weighted by atomic mass is 16.5. The Balaban J connectivity index is 2.73. The molecule has 2 aromatic rings. The third kappa shape index (κ3) is 3.55. The molecule has 1 unspecified atom stereocenters. The molecular formula is C22H24O. The molecule has 0 fully saturated rings. The molecule has 0 saturated heterocycles. The average molecular weight is 304 g/mol. The lowest BCUT2D eigenvalue weighted by atomic mass is 9.68. The van der Waals surface area contributed by atoms with E-state index in [0.717, 1.165) is 6.42 Å². The molecule has 0 amide bonds. The zero-order valence-corrected chi connectivity index (χ0v) is 14.1. The fourth-order valence-electron chi connectivity index (χ4n) is 3.06. The van der Waals surface area contributed by atoms with Crippen LogP contribution in [0.1, 0.15) is 31.4 Å². The van der Waals surface area contributed by atoms with Crippen LogP contribution in [0.3, 0.4) is 0 Å². The van der Waals surface area contributed by atoms with E-state index < -0.39 is 5.41 Å². The lowest BCUT2D eigenvalue weighted by molar-refractivity contribution is 0.0930. The monoisotopic (exact) mass is 304 g/mol. The van der Waals surface area contributed by atoms with Crippen LogP contribution in [0.5, 0.6) is 0 Å². The molecule has 0 aliphatic carbocycles. The SMILES string of the molecule is C#CC(OC)C(CC=C(C)C)(c1ccccc1)c1ccccc1. The Bertz CT molecular complexity index is 633. The highest BCUT2D eigenvalue weighted by Gasteiger charge is 2.40. The van der Waals surface area contributed by atoms with E-state index in [9.17, 15) is 0 Å². The minimum Gasteiger partial charge on any atom is -0.367 e. The number of benzene rings is 2. The minimum atomic E-state index is -0.400. The van der Waals surface area contributed by atoms with E-state index in [1.165, 1.54) is 16.7 Å². The zero-order valence-electron chi connectivity index (χ0n) is 14.1. The van der Waals surface area contributed by atoms with E-state index in [1.807, 2.05) is 12.1 Å². The quantitative estimate of drug-likeness (QED) is 0.540. The molecule has 0 N–H and O–H groups in total. The summed E-state index contributed by atoms with van der Waals surface area (Å²) in [6, 6.07) is 20.8. The Hall–Kier alpha value is -2.30. The smallest absolute Gasteiger partial charge is 0.131 e. The maximum atomic E-state index is 5.85. The van der Waals surface area contributed by atoms with Crippen LogP contribution >= 0.6 is 0 Å². The van der Waals surface area contributed by atoms with E-state index in [1.54, 1.807) is 7.11 Å². The van der Waals surface area contributed by atoms with Gasteiger partial charge in [-0.3, -0.25) is 0 Å². The second-order valence-electron chi connectivity index (χ2n) is 5.97. The summed E-state index contributed by atoms with van der Waals surface area (Å²) < 4.78 is 5.74. The summed E-state index contributed by atoms with van der Waals surface area (Å²) in [7, 11) is 1.69. The van der Waals surface area contributed by atoms with E-state index in [0.29, 0.717) is 0 Å². The first kappa shape index (κ1) is 17.1. The average Bonchev–Trinajstić information content (AvgIpc) is 2.60. The number of methoxy groups -OCH3 is 1. The highest BCUT2D eigenvalue weighted by molar-refractivity contribution is 5.44. The Morgan fingerprint density at radius 2 is 1.52 bits per heavy atom. The van der Waals surface area contributed by atoms with Gasteiger partial charge >= 0.3 is 0 Å². The van der Waals surface area contributed by atoms with Crippen molar-refractivity contribution >= 4 is 0 Å². The molecule has 1 atom stereocenters. The molecule has 2 aromatic carbocycles. The number of hydrogen-bond acceptors (Lipinski definition) is 1. The van der Waals surface area contributed by atoms with Crippen LogP contribution in [0.4, 0.5) is 0 Å². The molecule has 23 heavy (non-hydrogen) atoms. The Labute approximate surface area is 140 Å². The topological polar surface area (TPSA) is 9.23 Å². The molecule has 118 valence electrons. The summed E-state index contributed by atoms with van der Waals surface area (Å²) in [5.74, 6) is 2.86. The predicted octanol–water partition coefficient (Wildman–Crippen LogP) is 4.98. The summed E-state index contributed by atoms with van der Waals surface area (Å²) in [5.41, 5.74) is 3.22. The first-order chi connectivity index (χ1) is 11.1. The standard InChI is InChI=1S/C22H24O/c1-5-21(23-4)22(17-16-18(2)3,19-12-8-6-9-13-19)20-14-10-7-11-15-20/h1,6-16,21H,17H2,2-4H3. The molecule has 0 spiro atoms. The fourth-order valence-corrected chi connectivity index (χ4v) is 3.06. The zero-order chi connectivity index (χ0) is 16.7. The van der Waals surface area contributed by atoms with Gasteiger partial charge in [0.1, 0.15) is 6.10 Å². The number of rotatable bonds is 6. The van der Waals surface area contributed by atoms with E-state index >= 15 is 0 Å². The van der Waals surface area contributed by atoms with Crippen LogP contribution in [-0.4, -0.2) is 13.2 Å². The van der Waals surface area contributed by atoms with Crippen molar-refractivity contribution in [1.29, 1.82) is 0 Å². The number of terminal acetylenes is 1. The second kappa shape index (κ2) is 7.81. The van der Waals surface area contributed by atoms with Crippen LogP contribution in [0, 0.1) is 12.3 Å². The second-order valence-corrected chi connectivity index (χ2v) is 5.97. The van der Waals surface area contributed by atoms with Gasteiger partial charge in [-0.1, -0.05) is 78.2 Å². The Morgan fingerprint density at radius 3 is 1.87 bits per heavy atom. The molecule has 0 aliphatic heterocycles.